The summed E-state index contributed by atoms with van der Waals surface area (Å²) in [4.78, 5) is 0. The highest BCUT2D eigenvalue weighted by molar-refractivity contribution is 6.25. The molecule has 0 aromatic heterocycles. The molecule has 0 unspecified atom stereocenters. The molecule has 5 aromatic carbocycles. The fourth-order valence-electron chi connectivity index (χ4n) is 3.84. The molecule has 0 aliphatic rings. The van der Waals surface area contributed by atoms with Crippen LogP contribution in [0.25, 0.3) is 43.4 Å². The first-order valence-electron chi connectivity index (χ1n) is 8.51. The molecule has 0 fully saturated rings. The van der Waals surface area contributed by atoms with Crippen molar-refractivity contribution in [3.05, 3.63) is 91.0 Å². The Morgan fingerprint density at radius 2 is 0.920 bits per heavy atom. The molecule has 1 nitrogen and oxygen atoms in total. The molecular formula is C24H17N. The Hall–Kier alpha value is -3.32. The molecule has 0 spiro atoms. The molecule has 25 heavy (non-hydrogen) atoms. The van der Waals surface area contributed by atoms with E-state index < -0.39 is 0 Å². The van der Waals surface area contributed by atoms with Crippen LogP contribution in [0.3, 0.4) is 0 Å². The average Bonchev–Trinajstić information content (AvgIpc) is 2.68. The second-order valence-electron chi connectivity index (χ2n) is 6.44. The topological polar surface area (TPSA) is 26.0 Å². The summed E-state index contributed by atoms with van der Waals surface area (Å²) < 4.78 is 0. The molecule has 0 aliphatic heterocycles. The van der Waals surface area contributed by atoms with E-state index in [1.165, 1.54) is 32.3 Å². The number of hydrogen-bond donors (Lipinski definition) is 1. The molecule has 0 radical (unpaired) electrons. The molecule has 0 amide bonds. The smallest absolute Gasteiger partial charge is 0.0393 e. The molecule has 1 heteroatoms. The molecule has 2 N–H and O–H groups in total. The number of benzene rings is 5. The van der Waals surface area contributed by atoms with Crippen LogP contribution in [0.1, 0.15) is 0 Å². The van der Waals surface area contributed by atoms with Crippen molar-refractivity contribution in [1.82, 2.24) is 0 Å². The fraction of sp³-hybridized carbons (Fsp3) is 0. The van der Waals surface area contributed by atoms with Gasteiger partial charge >= 0.3 is 0 Å². The molecule has 0 heterocycles. The van der Waals surface area contributed by atoms with Crippen LogP contribution in [0.5, 0.6) is 0 Å². The van der Waals surface area contributed by atoms with E-state index in [2.05, 4.69) is 72.8 Å². The Labute approximate surface area is 146 Å². The van der Waals surface area contributed by atoms with Crippen LogP contribution in [0.4, 0.5) is 5.69 Å². The monoisotopic (exact) mass is 319 g/mol. The predicted octanol–water partition coefficient (Wildman–Crippen LogP) is 6.40. The lowest BCUT2D eigenvalue weighted by Gasteiger charge is -2.12. The van der Waals surface area contributed by atoms with Gasteiger partial charge in [-0.2, -0.15) is 0 Å². The molecule has 0 aliphatic carbocycles. The summed E-state index contributed by atoms with van der Waals surface area (Å²) in [6.07, 6.45) is 0. The highest BCUT2D eigenvalue weighted by atomic mass is 14.6. The largest absolute Gasteiger partial charge is 0.398 e. The van der Waals surface area contributed by atoms with Crippen molar-refractivity contribution in [3.8, 4) is 11.1 Å². The first-order valence-corrected chi connectivity index (χ1v) is 8.51. The summed E-state index contributed by atoms with van der Waals surface area (Å²) in [7, 11) is 0. The van der Waals surface area contributed by atoms with E-state index in [9.17, 15) is 0 Å². The van der Waals surface area contributed by atoms with Gasteiger partial charge in [0, 0.05) is 11.3 Å². The van der Waals surface area contributed by atoms with E-state index in [1.54, 1.807) is 0 Å². The minimum atomic E-state index is 0.812. The highest BCUT2D eigenvalue weighted by Gasteiger charge is 2.10. The van der Waals surface area contributed by atoms with Crippen LogP contribution in [-0.2, 0) is 0 Å². The Bertz CT molecular complexity index is 1220. The van der Waals surface area contributed by atoms with Gasteiger partial charge in [-0.15, -0.1) is 0 Å². The number of para-hydroxylation sites is 1. The second kappa shape index (κ2) is 5.35. The maximum Gasteiger partial charge on any atom is 0.0393 e. The van der Waals surface area contributed by atoms with E-state index in [4.69, 9.17) is 5.73 Å². The quantitative estimate of drug-likeness (QED) is 0.281. The van der Waals surface area contributed by atoms with Crippen LogP contribution >= 0.6 is 0 Å². The zero-order chi connectivity index (χ0) is 16.8. The van der Waals surface area contributed by atoms with Crippen molar-refractivity contribution in [3.63, 3.8) is 0 Å². The molecule has 5 aromatic rings. The Morgan fingerprint density at radius 3 is 1.52 bits per heavy atom. The minimum absolute atomic E-state index is 0.812. The first-order chi connectivity index (χ1) is 12.3. The van der Waals surface area contributed by atoms with Crippen molar-refractivity contribution in [2.75, 3.05) is 5.73 Å². The van der Waals surface area contributed by atoms with Crippen LogP contribution in [0, 0.1) is 0 Å². The van der Waals surface area contributed by atoms with Crippen molar-refractivity contribution in [2.24, 2.45) is 0 Å². The summed E-state index contributed by atoms with van der Waals surface area (Å²) in [5, 5.41) is 7.74. The highest BCUT2D eigenvalue weighted by Crippen LogP contribution is 2.37. The minimum Gasteiger partial charge on any atom is -0.398 e. The Morgan fingerprint density at radius 1 is 0.440 bits per heavy atom. The van der Waals surface area contributed by atoms with E-state index in [0.29, 0.717) is 0 Å². The molecule has 118 valence electrons. The number of fused-ring (bicyclic) bond motifs is 6. The summed E-state index contributed by atoms with van der Waals surface area (Å²) in [5.74, 6) is 0. The molecule has 0 saturated carbocycles. The van der Waals surface area contributed by atoms with Crippen molar-refractivity contribution in [2.45, 2.75) is 0 Å². The average molecular weight is 319 g/mol. The lowest BCUT2D eigenvalue weighted by molar-refractivity contribution is 1.64. The maximum atomic E-state index is 6.20. The summed E-state index contributed by atoms with van der Waals surface area (Å²) in [6.45, 7) is 0. The summed E-state index contributed by atoms with van der Waals surface area (Å²) >= 11 is 0. The predicted molar refractivity (Wildman–Crippen MR) is 109 cm³/mol. The van der Waals surface area contributed by atoms with Gasteiger partial charge in [0.25, 0.3) is 0 Å². The van der Waals surface area contributed by atoms with Gasteiger partial charge in [0.1, 0.15) is 0 Å². The van der Waals surface area contributed by atoms with Gasteiger partial charge in [-0.25, -0.2) is 0 Å². The maximum absolute atomic E-state index is 6.20. The normalized spacial score (nSPS) is 11.4. The summed E-state index contributed by atoms with van der Waals surface area (Å²) in [5.41, 5.74) is 9.26. The van der Waals surface area contributed by atoms with Gasteiger partial charge in [0.2, 0.25) is 0 Å². The zero-order valence-electron chi connectivity index (χ0n) is 13.7. The summed E-state index contributed by atoms with van der Waals surface area (Å²) in [6, 6.07) is 32.0. The second-order valence-corrected chi connectivity index (χ2v) is 6.44. The van der Waals surface area contributed by atoms with Crippen LogP contribution < -0.4 is 5.73 Å². The number of nitrogen functional groups attached to an aromatic ring is 1. The lowest BCUT2D eigenvalue weighted by atomic mass is 9.92. The molecule has 0 saturated heterocycles. The number of rotatable bonds is 1. The Balaban J connectivity index is 1.96. The Kier molecular flexibility index (Phi) is 3.01. The standard InChI is InChI=1S/C24H17N/c25-24-12-6-5-7-17(24)16-13-14-22-20-10-2-1-8-18(20)19-9-3-4-11-21(19)23(22)15-16/h1-15H,25H2. The van der Waals surface area contributed by atoms with Gasteiger partial charge in [-0.1, -0.05) is 78.9 Å². The molecule has 0 bridgehead atoms. The van der Waals surface area contributed by atoms with Gasteiger partial charge in [-0.3, -0.25) is 0 Å². The first kappa shape index (κ1) is 14.1. The SMILES string of the molecule is Nc1ccccc1-c1ccc2c3ccccc3c3ccccc3c2c1. The lowest BCUT2D eigenvalue weighted by Crippen LogP contribution is -1.90. The van der Waals surface area contributed by atoms with Gasteiger partial charge in [0.05, 0.1) is 0 Å². The van der Waals surface area contributed by atoms with Gasteiger partial charge in [0.15, 0.2) is 0 Å². The van der Waals surface area contributed by atoms with Crippen LogP contribution in [-0.4, -0.2) is 0 Å². The van der Waals surface area contributed by atoms with Crippen LogP contribution in [0.15, 0.2) is 91.0 Å². The third kappa shape index (κ3) is 2.10. The molecular weight excluding hydrogens is 302 g/mol. The van der Waals surface area contributed by atoms with Gasteiger partial charge in [-0.05, 0) is 50.0 Å². The number of anilines is 1. The van der Waals surface area contributed by atoms with E-state index in [-0.39, 0.29) is 0 Å². The van der Waals surface area contributed by atoms with Crippen molar-refractivity contribution < 1.29 is 0 Å². The van der Waals surface area contributed by atoms with Crippen LogP contribution in [0.2, 0.25) is 0 Å². The van der Waals surface area contributed by atoms with E-state index in [0.717, 1.165) is 16.8 Å². The van der Waals surface area contributed by atoms with E-state index in [1.807, 2.05) is 18.2 Å². The number of hydrogen-bond acceptors (Lipinski definition) is 1. The fourth-order valence-corrected chi connectivity index (χ4v) is 3.84. The van der Waals surface area contributed by atoms with Gasteiger partial charge < -0.3 is 5.73 Å². The molecule has 0 atom stereocenters. The third-order valence-corrected chi connectivity index (χ3v) is 5.02. The van der Waals surface area contributed by atoms with Crippen molar-refractivity contribution in [1.29, 1.82) is 0 Å². The zero-order valence-corrected chi connectivity index (χ0v) is 13.7. The molecule has 5 rings (SSSR count). The third-order valence-electron chi connectivity index (χ3n) is 5.02. The van der Waals surface area contributed by atoms with Crippen molar-refractivity contribution >= 4 is 38.0 Å². The number of nitrogens with two attached hydrogens (primary N) is 1. The van der Waals surface area contributed by atoms with E-state index >= 15 is 0 Å².